The lowest BCUT2D eigenvalue weighted by Gasteiger charge is -2.36. The number of likely N-dealkylation sites (tertiary alicyclic amines) is 1. The zero-order chi connectivity index (χ0) is 22.2. The summed E-state index contributed by atoms with van der Waals surface area (Å²) in [5.41, 5.74) is 1.73. The second-order valence-electron chi connectivity index (χ2n) is 7.97. The molecule has 1 aliphatic heterocycles. The van der Waals surface area contributed by atoms with Crippen LogP contribution in [0.25, 0.3) is 0 Å². The number of phenolic OH excluding ortho intramolecular Hbond substituents is 1. The molecule has 3 rings (SSSR count). The lowest BCUT2D eigenvalue weighted by molar-refractivity contribution is 0.0799. The first-order valence-electron chi connectivity index (χ1n) is 10.7. The Morgan fingerprint density at radius 3 is 2.58 bits per heavy atom. The summed E-state index contributed by atoms with van der Waals surface area (Å²) in [6.07, 6.45) is 2.91. The first kappa shape index (κ1) is 23.4. The predicted molar refractivity (Wildman–Crippen MR) is 122 cm³/mol. The highest BCUT2D eigenvalue weighted by Gasteiger charge is 2.24. The van der Waals surface area contributed by atoms with Crippen LogP contribution in [0.4, 0.5) is 0 Å². The zero-order valence-corrected chi connectivity index (χ0v) is 18.9. The van der Waals surface area contributed by atoms with Crippen molar-refractivity contribution in [2.75, 3.05) is 33.4 Å². The van der Waals surface area contributed by atoms with Gasteiger partial charge in [0.1, 0.15) is 17.6 Å². The summed E-state index contributed by atoms with van der Waals surface area (Å²) in [5, 5.41) is 12.7. The number of carbonyl (C=O) groups excluding carboxylic acids is 1. The summed E-state index contributed by atoms with van der Waals surface area (Å²) in [4.78, 5) is 14.6. The van der Waals surface area contributed by atoms with Crippen LogP contribution in [0, 0.1) is 0 Å². The number of ether oxygens (including phenoxy) is 2. The van der Waals surface area contributed by atoms with Crippen LogP contribution in [-0.2, 0) is 11.2 Å². The van der Waals surface area contributed by atoms with E-state index in [1.165, 1.54) is 5.56 Å². The van der Waals surface area contributed by atoms with E-state index in [0.717, 1.165) is 32.4 Å². The topological polar surface area (TPSA) is 71.0 Å². The number of benzene rings is 2. The van der Waals surface area contributed by atoms with Crippen molar-refractivity contribution in [3.63, 3.8) is 0 Å². The molecule has 2 aromatic carbocycles. The Bertz CT molecular complexity index is 851. The van der Waals surface area contributed by atoms with Crippen molar-refractivity contribution in [1.29, 1.82) is 0 Å². The number of phenols is 1. The van der Waals surface area contributed by atoms with Crippen molar-refractivity contribution in [2.24, 2.45) is 0 Å². The van der Waals surface area contributed by atoms with Crippen LogP contribution in [0.5, 0.6) is 11.5 Å². The van der Waals surface area contributed by atoms with E-state index in [1.807, 2.05) is 12.1 Å². The Morgan fingerprint density at radius 2 is 1.94 bits per heavy atom. The molecule has 0 bridgehead atoms. The molecule has 168 valence electrons. The van der Waals surface area contributed by atoms with Gasteiger partial charge in [-0.25, -0.2) is 0 Å². The standard InChI is InChI=1S/C24H31ClN2O4/c1-17(15-18-3-6-20(28)7-4-18)27-12-9-21(10-13-27)31-23-8-5-19(16-22(23)25)24(29)26-11-14-30-2/h3-8,16-17,21,28H,9-15H2,1-2H3,(H,26,29)/t17-/m0/s1. The largest absolute Gasteiger partial charge is 0.508 e. The number of nitrogens with zero attached hydrogens (tertiary/aromatic N) is 1. The molecule has 0 radical (unpaired) electrons. The molecule has 2 aromatic rings. The summed E-state index contributed by atoms with van der Waals surface area (Å²) >= 11 is 6.38. The number of hydrogen-bond acceptors (Lipinski definition) is 5. The van der Waals surface area contributed by atoms with E-state index in [1.54, 1.807) is 37.4 Å². The number of amides is 1. The molecule has 1 saturated heterocycles. The van der Waals surface area contributed by atoms with Crippen LogP contribution in [0.2, 0.25) is 5.02 Å². The summed E-state index contributed by atoms with van der Waals surface area (Å²) in [6.45, 7) is 5.08. The lowest BCUT2D eigenvalue weighted by Crippen LogP contribution is -2.43. The maximum Gasteiger partial charge on any atom is 0.251 e. The molecule has 31 heavy (non-hydrogen) atoms. The summed E-state index contributed by atoms with van der Waals surface area (Å²) in [5.74, 6) is 0.736. The van der Waals surface area contributed by atoms with Crippen molar-refractivity contribution in [3.8, 4) is 11.5 Å². The molecule has 0 aliphatic carbocycles. The fourth-order valence-electron chi connectivity index (χ4n) is 3.82. The van der Waals surface area contributed by atoms with Gasteiger partial charge in [0, 0.05) is 38.3 Å². The van der Waals surface area contributed by atoms with Crippen molar-refractivity contribution >= 4 is 17.5 Å². The Kier molecular flexibility index (Phi) is 8.58. The van der Waals surface area contributed by atoms with Gasteiger partial charge in [-0.1, -0.05) is 23.7 Å². The molecule has 1 atom stereocenters. The fourth-order valence-corrected chi connectivity index (χ4v) is 4.05. The van der Waals surface area contributed by atoms with Gasteiger partial charge in [0.25, 0.3) is 5.91 Å². The lowest BCUT2D eigenvalue weighted by atomic mass is 10.0. The minimum atomic E-state index is -0.179. The van der Waals surface area contributed by atoms with Gasteiger partial charge in [-0.2, -0.15) is 0 Å². The number of aromatic hydroxyl groups is 1. The van der Waals surface area contributed by atoms with Gasteiger partial charge < -0.3 is 24.8 Å². The first-order chi connectivity index (χ1) is 15.0. The monoisotopic (exact) mass is 446 g/mol. The maximum absolute atomic E-state index is 12.1. The predicted octanol–water partition coefficient (Wildman–Crippen LogP) is 3.90. The SMILES string of the molecule is COCCNC(=O)c1ccc(OC2CCN([C@@H](C)Cc3ccc(O)cc3)CC2)c(Cl)c1. The summed E-state index contributed by atoms with van der Waals surface area (Å²) in [7, 11) is 1.59. The molecule has 1 heterocycles. The van der Waals surface area contributed by atoms with E-state index in [-0.39, 0.29) is 12.0 Å². The highest BCUT2D eigenvalue weighted by molar-refractivity contribution is 6.32. The number of methoxy groups -OCH3 is 1. The highest BCUT2D eigenvalue weighted by Crippen LogP contribution is 2.29. The number of nitrogens with one attached hydrogen (secondary N) is 1. The van der Waals surface area contributed by atoms with Crippen molar-refractivity contribution in [3.05, 3.63) is 58.6 Å². The van der Waals surface area contributed by atoms with Crippen LogP contribution in [0.1, 0.15) is 35.7 Å². The minimum Gasteiger partial charge on any atom is -0.508 e. The number of hydrogen-bond donors (Lipinski definition) is 2. The maximum atomic E-state index is 12.1. The van der Waals surface area contributed by atoms with E-state index in [2.05, 4.69) is 17.1 Å². The van der Waals surface area contributed by atoms with E-state index in [9.17, 15) is 9.90 Å². The van der Waals surface area contributed by atoms with Gasteiger partial charge in [0.05, 0.1) is 11.6 Å². The second kappa shape index (κ2) is 11.4. The normalized spacial score (nSPS) is 16.1. The number of carbonyl (C=O) groups is 1. The molecule has 6 nitrogen and oxygen atoms in total. The van der Waals surface area contributed by atoms with E-state index >= 15 is 0 Å². The number of piperidine rings is 1. The average Bonchev–Trinajstić information content (AvgIpc) is 2.77. The molecule has 0 saturated carbocycles. The smallest absolute Gasteiger partial charge is 0.251 e. The molecule has 0 unspecified atom stereocenters. The molecule has 1 aliphatic rings. The van der Waals surface area contributed by atoms with Gasteiger partial charge in [0.2, 0.25) is 0 Å². The van der Waals surface area contributed by atoms with Crippen LogP contribution in [0.3, 0.4) is 0 Å². The zero-order valence-electron chi connectivity index (χ0n) is 18.1. The van der Waals surface area contributed by atoms with Gasteiger partial charge in [-0.15, -0.1) is 0 Å². The number of rotatable bonds is 9. The third-order valence-electron chi connectivity index (χ3n) is 5.65. The third-order valence-corrected chi connectivity index (χ3v) is 5.94. The van der Waals surface area contributed by atoms with Crippen LogP contribution in [-0.4, -0.2) is 61.4 Å². The van der Waals surface area contributed by atoms with Crippen LogP contribution in [0.15, 0.2) is 42.5 Å². The van der Waals surface area contributed by atoms with Gasteiger partial charge >= 0.3 is 0 Å². The summed E-state index contributed by atoms with van der Waals surface area (Å²) in [6, 6.07) is 13.0. The Balaban J connectivity index is 1.47. The third kappa shape index (κ3) is 6.86. The minimum absolute atomic E-state index is 0.107. The van der Waals surface area contributed by atoms with E-state index < -0.39 is 0 Å². The van der Waals surface area contributed by atoms with Gasteiger partial charge in [-0.05, 0) is 62.1 Å². The van der Waals surface area contributed by atoms with Crippen molar-refractivity contribution in [2.45, 2.75) is 38.3 Å². The van der Waals surface area contributed by atoms with Crippen LogP contribution < -0.4 is 10.1 Å². The van der Waals surface area contributed by atoms with E-state index in [0.29, 0.717) is 41.3 Å². The molecule has 2 N–H and O–H groups in total. The highest BCUT2D eigenvalue weighted by atomic mass is 35.5. The molecule has 1 amide bonds. The van der Waals surface area contributed by atoms with Crippen LogP contribution >= 0.6 is 11.6 Å². The van der Waals surface area contributed by atoms with Crippen molar-refractivity contribution in [1.82, 2.24) is 10.2 Å². The second-order valence-corrected chi connectivity index (χ2v) is 8.37. The molecular weight excluding hydrogens is 416 g/mol. The molecule has 1 fully saturated rings. The van der Waals surface area contributed by atoms with Gasteiger partial charge in [0.15, 0.2) is 0 Å². The van der Waals surface area contributed by atoms with E-state index in [4.69, 9.17) is 21.1 Å². The molecular formula is C24H31ClN2O4. The Morgan fingerprint density at radius 1 is 1.23 bits per heavy atom. The first-order valence-corrected chi connectivity index (χ1v) is 11.1. The van der Waals surface area contributed by atoms with Gasteiger partial charge in [-0.3, -0.25) is 4.79 Å². The fraction of sp³-hybridized carbons (Fsp3) is 0.458. The quantitative estimate of drug-likeness (QED) is 0.572. The summed E-state index contributed by atoms with van der Waals surface area (Å²) < 4.78 is 11.1. The van der Waals surface area contributed by atoms with Crippen molar-refractivity contribution < 1.29 is 19.4 Å². The Hall–Kier alpha value is -2.28. The average molecular weight is 447 g/mol. The number of halogens is 1. The molecule has 0 aromatic heterocycles. The Labute approximate surface area is 189 Å². The molecule has 7 heteroatoms. The molecule has 0 spiro atoms.